The van der Waals surface area contributed by atoms with Crippen LogP contribution in [0.1, 0.15) is 69.6 Å². The van der Waals surface area contributed by atoms with E-state index in [-0.39, 0.29) is 68.4 Å². The number of benzene rings is 1. The van der Waals surface area contributed by atoms with E-state index >= 15 is 0 Å². The molecule has 0 saturated carbocycles. The van der Waals surface area contributed by atoms with Gasteiger partial charge in [-0.1, -0.05) is 48.6 Å². The number of hydrogen-bond acceptors (Lipinski definition) is 13. The number of carbonyl (C=O) groups excluding carboxylic acids is 3. The Morgan fingerprint density at radius 3 is 2.58 bits per heavy atom. The Balaban J connectivity index is 0.00000972. The molecule has 1 saturated heterocycles. The number of hydroxylamine groups is 4. The Labute approximate surface area is 318 Å². The summed E-state index contributed by atoms with van der Waals surface area (Å²) in [6.45, 7) is -0.196. The van der Waals surface area contributed by atoms with Crippen LogP contribution in [0.5, 0.6) is 5.75 Å². The summed E-state index contributed by atoms with van der Waals surface area (Å²) in [5.41, 5.74) is 0.390. The molecule has 17 nitrogen and oxygen atoms in total. The quantitative estimate of drug-likeness (QED) is 0.0222. The number of aliphatic carboxylic acids is 1. The van der Waals surface area contributed by atoms with E-state index in [0.717, 1.165) is 5.06 Å². The van der Waals surface area contributed by atoms with Gasteiger partial charge in [0.15, 0.2) is 6.23 Å². The van der Waals surface area contributed by atoms with Crippen LogP contribution in [0, 0.1) is 0 Å². The van der Waals surface area contributed by atoms with Gasteiger partial charge >= 0.3 is 11.9 Å². The third kappa shape index (κ3) is 16.5. The van der Waals surface area contributed by atoms with Gasteiger partial charge in [0.25, 0.3) is 0 Å². The molecule has 1 aromatic carbocycles. The number of rotatable bonds is 21. The molecule has 6 atom stereocenters. The summed E-state index contributed by atoms with van der Waals surface area (Å²) >= 11 is 0. The Bertz CT molecular complexity index is 1400. The summed E-state index contributed by atoms with van der Waals surface area (Å²) in [7, 11) is 0. The SMILES string of the molecule is O=C(O)CC/C=C\CC/C=C\C(O)N(O)CCCC[C@H](NC(=O)[C@@H]1COC(c2ccccc2O)[N-]1)C(=O)OCCC(=O)N[C@H]1C=CCCN(O)C1O.[Fe]. The number of nitrogens with one attached hydrogen (secondary N) is 2. The number of nitrogens with zero attached hydrogens (tertiary/aromatic N) is 3. The molecule has 1 aromatic rings. The van der Waals surface area contributed by atoms with E-state index in [2.05, 4.69) is 16.0 Å². The van der Waals surface area contributed by atoms with E-state index in [1.165, 1.54) is 12.1 Å². The third-order valence-corrected chi connectivity index (χ3v) is 8.16. The molecule has 0 aromatic heterocycles. The number of phenolic OH excluding ortho intramolecular Hbond substituents is 1. The average Bonchev–Trinajstić information content (AvgIpc) is 3.55. The van der Waals surface area contributed by atoms with Crippen molar-refractivity contribution in [3.63, 3.8) is 0 Å². The minimum Gasteiger partial charge on any atom is -0.620 e. The minimum absolute atomic E-state index is 0. The van der Waals surface area contributed by atoms with E-state index < -0.39 is 60.6 Å². The first-order valence-corrected chi connectivity index (χ1v) is 17.3. The Kier molecular flexibility index (Phi) is 21.1. The number of hydrogen-bond donors (Lipinski definition) is 8. The van der Waals surface area contributed by atoms with E-state index in [1.54, 1.807) is 42.5 Å². The number of amides is 2. The maximum absolute atomic E-state index is 13.2. The van der Waals surface area contributed by atoms with Gasteiger partial charge in [-0.3, -0.25) is 14.4 Å². The second kappa shape index (κ2) is 24.6. The number of ether oxygens (including phenoxy) is 2. The molecule has 2 amide bonds. The van der Waals surface area contributed by atoms with Gasteiger partial charge in [0.1, 0.15) is 24.6 Å². The standard InChI is InChI=1S/C35H50N5O12.Fe/c41-28-16-8-7-13-24(28)33-38-27(23-52-33)32(46)37-26(35(48)51-22-19-29(42)36-25-14-9-12-21-40(50)34(25)47)15-10-11-20-39(49)30(43)17-5-3-1-2-4-6-18-31(44)45;/h2,4-5,7-9,13-14,16-17,25-27,30,33-34,41,43,47,49-50H,1,3,6,10-12,15,18-23H2,(H,36,42)(H,37,46)(H,44,45);/q-1;/b4-2-,17-5-;/t25-,26-,27-,30?,33?,34?;/m0./s1. The second-order valence-electron chi connectivity index (χ2n) is 12.3. The van der Waals surface area contributed by atoms with Gasteiger partial charge in [0, 0.05) is 48.7 Å². The maximum Gasteiger partial charge on any atom is 0.328 e. The predicted octanol–water partition coefficient (Wildman–Crippen LogP) is 1.97. The zero-order chi connectivity index (χ0) is 37.9. The summed E-state index contributed by atoms with van der Waals surface area (Å²) in [5.74, 6) is -2.87. The normalized spacial score (nSPS) is 21.6. The van der Waals surface area contributed by atoms with Crippen molar-refractivity contribution in [2.75, 3.05) is 26.3 Å². The topological polar surface area (TPSA) is 253 Å². The van der Waals surface area contributed by atoms with E-state index in [1.807, 2.05) is 6.08 Å². The van der Waals surface area contributed by atoms with Crippen LogP contribution in [0.25, 0.3) is 5.32 Å². The van der Waals surface area contributed by atoms with Crippen LogP contribution in [0.4, 0.5) is 0 Å². The fraction of sp³-hybridized carbons (Fsp3) is 0.543. The minimum atomic E-state index is -1.35. The van der Waals surface area contributed by atoms with Gasteiger partial charge in [-0.15, -0.1) is 0 Å². The number of carbonyl (C=O) groups is 4. The van der Waals surface area contributed by atoms with E-state index in [9.17, 15) is 44.9 Å². The Morgan fingerprint density at radius 2 is 1.83 bits per heavy atom. The number of allylic oxidation sites excluding steroid dienone is 3. The van der Waals surface area contributed by atoms with Crippen molar-refractivity contribution in [1.82, 2.24) is 20.8 Å². The summed E-state index contributed by atoms with van der Waals surface area (Å²) in [6, 6.07) is 3.42. The number of esters is 1. The molecular formula is C35H50FeN5O12-. The van der Waals surface area contributed by atoms with Crippen LogP contribution in [0.15, 0.2) is 60.7 Å². The van der Waals surface area contributed by atoms with E-state index in [4.69, 9.17) is 14.6 Å². The zero-order valence-electron chi connectivity index (χ0n) is 29.3. The number of carboxylic acid groups (broad SMARTS) is 1. The average molecular weight is 789 g/mol. The number of phenols is 1. The first kappa shape index (κ1) is 45.5. The monoisotopic (exact) mass is 788 g/mol. The largest absolute Gasteiger partial charge is 0.620 e. The molecule has 3 rings (SSSR count). The fourth-order valence-corrected chi connectivity index (χ4v) is 5.26. The Hall–Kier alpha value is -3.68. The first-order chi connectivity index (χ1) is 25.0. The molecule has 8 N–H and O–H groups in total. The summed E-state index contributed by atoms with van der Waals surface area (Å²) in [5, 5.41) is 70.3. The molecule has 0 bridgehead atoms. The van der Waals surface area contributed by atoms with Crippen LogP contribution >= 0.6 is 0 Å². The van der Waals surface area contributed by atoms with Crippen molar-refractivity contribution in [3.8, 4) is 5.75 Å². The van der Waals surface area contributed by atoms with Gasteiger partial charge in [-0.05, 0) is 69.4 Å². The van der Waals surface area contributed by atoms with Crippen molar-refractivity contribution in [2.45, 2.75) is 94.6 Å². The van der Waals surface area contributed by atoms with Gasteiger partial charge < -0.3 is 56.3 Å². The molecule has 0 spiro atoms. The number of carboxylic acids is 1. The maximum atomic E-state index is 13.2. The van der Waals surface area contributed by atoms with Gasteiger partial charge in [-0.25, -0.2) is 4.79 Å². The molecule has 0 aliphatic carbocycles. The molecule has 2 heterocycles. The molecule has 2 aliphatic rings. The van der Waals surface area contributed by atoms with Crippen LogP contribution in [-0.4, -0.2) is 122 Å². The van der Waals surface area contributed by atoms with Crippen molar-refractivity contribution < 1.29 is 76.6 Å². The molecule has 3 unspecified atom stereocenters. The predicted molar refractivity (Wildman–Crippen MR) is 184 cm³/mol. The second-order valence-corrected chi connectivity index (χ2v) is 12.3. The number of aliphatic hydroxyl groups excluding tert-OH is 2. The Morgan fingerprint density at radius 1 is 1.09 bits per heavy atom. The first-order valence-electron chi connectivity index (χ1n) is 17.3. The van der Waals surface area contributed by atoms with Crippen molar-refractivity contribution in [1.29, 1.82) is 0 Å². The molecule has 53 heavy (non-hydrogen) atoms. The molecule has 0 radical (unpaired) electrons. The molecular weight excluding hydrogens is 738 g/mol. The van der Waals surface area contributed by atoms with Crippen molar-refractivity contribution in [2.24, 2.45) is 0 Å². The number of aromatic hydroxyl groups is 1. The summed E-state index contributed by atoms with van der Waals surface area (Å²) in [6.07, 6.45) is 9.16. The summed E-state index contributed by atoms with van der Waals surface area (Å²) < 4.78 is 10.9. The van der Waals surface area contributed by atoms with Crippen molar-refractivity contribution >= 4 is 23.8 Å². The van der Waals surface area contributed by atoms with E-state index in [0.29, 0.717) is 49.2 Å². The zero-order valence-corrected chi connectivity index (χ0v) is 30.4. The molecule has 296 valence electrons. The van der Waals surface area contributed by atoms with Gasteiger partial charge in [0.05, 0.1) is 12.5 Å². The van der Waals surface area contributed by atoms with Crippen molar-refractivity contribution in [3.05, 3.63) is 71.6 Å². The summed E-state index contributed by atoms with van der Waals surface area (Å²) in [4.78, 5) is 49.4. The smallest absolute Gasteiger partial charge is 0.328 e. The number of aliphatic hydroxyl groups is 2. The molecule has 18 heteroatoms. The fourth-order valence-electron chi connectivity index (χ4n) is 5.26. The van der Waals surface area contributed by atoms with Crippen LogP contribution < -0.4 is 10.6 Å². The molecule has 2 aliphatic heterocycles. The van der Waals surface area contributed by atoms with Gasteiger partial charge in [0.2, 0.25) is 11.8 Å². The van der Waals surface area contributed by atoms with Crippen LogP contribution in [0.2, 0.25) is 0 Å². The van der Waals surface area contributed by atoms with Crippen LogP contribution in [0.3, 0.4) is 0 Å². The van der Waals surface area contributed by atoms with Crippen LogP contribution in [-0.2, 0) is 45.7 Å². The third-order valence-electron chi connectivity index (χ3n) is 8.16. The van der Waals surface area contributed by atoms with Gasteiger partial charge in [-0.2, -0.15) is 10.1 Å². The number of unbranched alkanes of at least 4 members (excludes halogenated alkanes) is 2. The molecule has 1 fully saturated rings. The number of para-hydroxylation sites is 1.